The fourth-order valence-electron chi connectivity index (χ4n) is 3.01. The van der Waals surface area contributed by atoms with Gasteiger partial charge in [0.1, 0.15) is 18.1 Å². The topological polar surface area (TPSA) is 79.9 Å². The third kappa shape index (κ3) is 4.99. The van der Waals surface area contributed by atoms with E-state index in [9.17, 15) is 9.59 Å². The van der Waals surface area contributed by atoms with Gasteiger partial charge in [-0.1, -0.05) is 20.8 Å². The minimum absolute atomic E-state index is 0.0384. The number of amides is 2. The summed E-state index contributed by atoms with van der Waals surface area (Å²) < 4.78 is 10.8. The molecule has 0 saturated carbocycles. The molecule has 0 spiro atoms. The monoisotopic (exact) mass is 397 g/mol. The maximum absolute atomic E-state index is 12.8. The van der Waals surface area contributed by atoms with Gasteiger partial charge in [0.15, 0.2) is 0 Å². The molecule has 0 fully saturated rings. The van der Waals surface area contributed by atoms with Crippen molar-refractivity contribution in [3.63, 3.8) is 0 Å². The molecule has 7 heteroatoms. The van der Waals surface area contributed by atoms with Crippen molar-refractivity contribution in [2.24, 2.45) is 5.41 Å². The number of nitrogens with zero attached hydrogens (tertiary/aromatic N) is 1. The summed E-state index contributed by atoms with van der Waals surface area (Å²) in [5, 5.41) is 5.93. The van der Waals surface area contributed by atoms with Gasteiger partial charge in [0, 0.05) is 16.8 Å². The molecule has 0 aromatic heterocycles. The molecule has 2 aromatic carbocycles. The molecule has 2 amide bonds. The van der Waals surface area contributed by atoms with Crippen molar-refractivity contribution in [1.82, 2.24) is 0 Å². The molecular formula is C22H27N3O4. The van der Waals surface area contributed by atoms with E-state index in [0.29, 0.717) is 24.6 Å². The van der Waals surface area contributed by atoms with Crippen LogP contribution in [0.2, 0.25) is 0 Å². The zero-order valence-electron chi connectivity index (χ0n) is 17.2. The highest BCUT2D eigenvalue weighted by Crippen LogP contribution is 2.36. The second kappa shape index (κ2) is 8.43. The number of hydrogen-bond acceptors (Lipinski definition) is 5. The summed E-state index contributed by atoms with van der Waals surface area (Å²) in [4.78, 5) is 26.8. The predicted octanol–water partition coefficient (Wildman–Crippen LogP) is 3.52. The Bertz CT molecular complexity index is 888. The number of carbonyl (C=O) groups is 2. The third-order valence-electron chi connectivity index (χ3n) is 4.54. The molecule has 0 aliphatic carbocycles. The van der Waals surface area contributed by atoms with E-state index in [4.69, 9.17) is 9.47 Å². The van der Waals surface area contributed by atoms with Gasteiger partial charge in [-0.15, -0.1) is 0 Å². The summed E-state index contributed by atoms with van der Waals surface area (Å²) in [5.74, 6) is 1.26. The van der Waals surface area contributed by atoms with E-state index in [-0.39, 0.29) is 18.4 Å². The SMILES string of the molecule is COc1ccc(NC(=O)CNc2ccc3c(c2)N(C(=O)C(C)(C)C)CCO3)cc1. The van der Waals surface area contributed by atoms with Gasteiger partial charge in [0.25, 0.3) is 0 Å². The quantitative estimate of drug-likeness (QED) is 0.807. The number of fused-ring (bicyclic) bond motifs is 1. The zero-order chi connectivity index (χ0) is 21.0. The number of anilines is 3. The molecule has 29 heavy (non-hydrogen) atoms. The highest BCUT2D eigenvalue weighted by molar-refractivity contribution is 5.99. The molecule has 1 aliphatic heterocycles. The molecular weight excluding hydrogens is 370 g/mol. The summed E-state index contributed by atoms with van der Waals surface area (Å²) in [6, 6.07) is 12.6. The minimum atomic E-state index is -0.490. The lowest BCUT2D eigenvalue weighted by molar-refractivity contribution is -0.126. The average Bonchev–Trinajstić information content (AvgIpc) is 2.71. The Kier molecular flexibility index (Phi) is 5.96. The van der Waals surface area contributed by atoms with Gasteiger partial charge in [0.05, 0.1) is 25.9 Å². The van der Waals surface area contributed by atoms with Crippen molar-refractivity contribution in [1.29, 1.82) is 0 Å². The summed E-state index contributed by atoms with van der Waals surface area (Å²) in [5.41, 5.74) is 1.66. The molecule has 0 radical (unpaired) electrons. The number of carbonyl (C=O) groups excluding carboxylic acids is 2. The Balaban J connectivity index is 1.66. The maximum atomic E-state index is 12.8. The number of benzene rings is 2. The van der Waals surface area contributed by atoms with Crippen molar-refractivity contribution in [3.05, 3.63) is 42.5 Å². The molecule has 2 N–H and O–H groups in total. The van der Waals surface area contributed by atoms with Crippen LogP contribution in [-0.4, -0.2) is 38.6 Å². The first-order valence-electron chi connectivity index (χ1n) is 9.54. The Hall–Kier alpha value is -3.22. The van der Waals surface area contributed by atoms with Crippen LogP contribution in [0.3, 0.4) is 0 Å². The van der Waals surface area contributed by atoms with Crippen molar-refractivity contribution >= 4 is 28.9 Å². The van der Waals surface area contributed by atoms with Gasteiger partial charge in [-0.2, -0.15) is 0 Å². The Morgan fingerprint density at radius 2 is 1.79 bits per heavy atom. The maximum Gasteiger partial charge on any atom is 0.243 e. The van der Waals surface area contributed by atoms with E-state index in [0.717, 1.165) is 17.1 Å². The standard InChI is InChI=1S/C22H27N3O4/c1-22(2,3)21(27)25-11-12-29-19-10-7-16(13-18(19)25)23-14-20(26)24-15-5-8-17(28-4)9-6-15/h5-10,13,23H,11-12,14H2,1-4H3,(H,24,26). The average molecular weight is 397 g/mol. The number of nitrogens with one attached hydrogen (secondary N) is 2. The van der Waals surface area contributed by atoms with Gasteiger partial charge in [-0.05, 0) is 42.5 Å². The smallest absolute Gasteiger partial charge is 0.243 e. The van der Waals surface area contributed by atoms with E-state index in [1.807, 2.05) is 39.0 Å². The molecule has 154 valence electrons. The molecule has 0 bridgehead atoms. The van der Waals surface area contributed by atoms with E-state index in [1.54, 1.807) is 36.3 Å². The third-order valence-corrected chi connectivity index (χ3v) is 4.54. The molecule has 3 rings (SSSR count). The molecule has 0 atom stereocenters. The Labute approximate surface area is 171 Å². The van der Waals surface area contributed by atoms with Crippen molar-refractivity contribution in [2.75, 3.05) is 42.3 Å². The van der Waals surface area contributed by atoms with Crippen LogP contribution in [0, 0.1) is 5.41 Å². The van der Waals surface area contributed by atoms with Crippen LogP contribution in [0.5, 0.6) is 11.5 Å². The fourth-order valence-corrected chi connectivity index (χ4v) is 3.01. The van der Waals surface area contributed by atoms with Crippen LogP contribution >= 0.6 is 0 Å². The summed E-state index contributed by atoms with van der Waals surface area (Å²) >= 11 is 0. The zero-order valence-corrected chi connectivity index (χ0v) is 17.2. The van der Waals surface area contributed by atoms with Gasteiger partial charge in [-0.3, -0.25) is 9.59 Å². The summed E-state index contributed by atoms with van der Waals surface area (Å²) in [6.07, 6.45) is 0. The lowest BCUT2D eigenvalue weighted by atomic mass is 9.94. The Morgan fingerprint density at radius 1 is 1.10 bits per heavy atom. The van der Waals surface area contributed by atoms with E-state index in [1.165, 1.54) is 0 Å². The molecule has 1 heterocycles. The summed E-state index contributed by atoms with van der Waals surface area (Å²) in [6.45, 7) is 6.76. The van der Waals surface area contributed by atoms with Gasteiger partial charge in [0.2, 0.25) is 11.8 Å². The fraction of sp³-hybridized carbons (Fsp3) is 0.364. The van der Waals surface area contributed by atoms with Crippen LogP contribution in [0.15, 0.2) is 42.5 Å². The summed E-state index contributed by atoms with van der Waals surface area (Å²) in [7, 11) is 1.59. The van der Waals surface area contributed by atoms with Gasteiger partial charge in [-0.25, -0.2) is 0 Å². The van der Waals surface area contributed by atoms with Crippen LogP contribution < -0.4 is 25.0 Å². The van der Waals surface area contributed by atoms with Gasteiger partial charge < -0.3 is 25.0 Å². The lowest BCUT2D eigenvalue weighted by Gasteiger charge is -2.34. The largest absolute Gasteiger partial charge is 0.497 e. The molecule has 0 unspecified atom stereocenters. The predicted molar refractivity (Wildman–Crippen MR) is 114 cm³/mol. The van der Waals surface area contributed by atoms with E-state index < -0.39 is 5.41 Å². The number of hydrogen-bond donors (Lipinski definition) is 2. The second-order valence-corrected chi connectivity index (χ2v) is 7.87. The van der Waals surface area contributed by atoms with Crippen LogP contribution in [0.4, 0.5) is 17.1 Å². The van der Waals surface area contributed by atoms with E-state index in [2.05, 4.69) is 10.6 Å². The highest BCUT2D eigenvalue weighted by atomic mass is 16.5. The second-order valence-electron chi connectivity index (χ2n) is 7.87. The molecule has 0 saturated heterocycles. The number of ether oxygens (including phenoxy) is 2. The van der Waals surface area contributed by atoms with Crippen molar-refractivity contribution in [2.45, 2.75) is 20.8 Å². The molecule has 2 aromatic rings. The normalized spacial score (nSPS) is 13.2. The Morgan fingerprint density at radius 3 is 2.45 bits per heavy atom. The van der Waals surface area contributed by atoms with E-state index >= 15 is 0 Å². The first-order valence-corrected chi connectivity index (χ1v) is 9.54. The van der Waals surface area contributed by atoms with Gasteiger partial charge >= 0.3 is 0 Å². The minimum Gasteiger partial charge on any atom is -0.497 e. The number of methoxy groups -OCH3 is 1. The van der Waals surface area contributed by atoms with Crippen LogP contribution in [0.1, 0.15) is 20.8 Å². The first kappa shape index (κ1) is 20.5. The van der Waals surface area contributed by atoms with Crippen LogP contribution in [0.25, 0.3) is 0 Å². The molecule has 1 aliphatic rings. The lowest BCUT2D eigenvalue weighted by Crippen LogP contribution is -2.44. The van der Waals surface area contributed by atoms with Crippen molar-refractivity contribution < 1.29 is 19.1 Å². The van der Waals surface area contributed by atoms with Crippen molar-refractivity contribution in [3.8, 4) is 11.5 Å². The number of rotatable bonds is 5. The van der Waals surface area contributed by atoms with Crippen LogP contribution in [-0.2, 0) is 9.59 Å². The molecule has 7 nitrogen and oxygen atoms in total. The highest BCUT2D eigenvalue weighted by Gasteiger charge is 2.31. The first-order chi connectivity index (χ1) is 13.8.